The summed E-state index contributed by atoms with van der Waals surface area (Å²) in [6.45, 7) is 9.48. The van der Waals surface area contributed by atoms with E-state index < -0.39 is 42.9 Å². The van der Waals surface area contributed by atoms with Gasteiger partial charge in [-0.15, -0.1) is 0 Å². The van der Waals surface area contributed by atoms with Crippen LogP contribution in [0.15, 0.2) is 0 Å². The lowest BCUT2D eigenvalue weighted by Gasteiger charge is -2.51. The molecule has 0 aliphatic carbocycles. The van der Waals surface area contributed by atoms with Crippen LogP contribution in [0.1, 0.15) is 41.0 Å². The number of hydrogen-bond acceptors (Lipinski definition) is 7. The highest BCUT2D eigenvalue weighted by Gasteiger charge is 2.50. The van der Waals surface area contributed by atoms with Crippen LogP contribution in [0, 0.1) is 5.92 Å². The summed E-state index contributed by atoms with van der Waals surface area (Å²) in [5, 5.41) is 39.0. The third kappa shape index (κ3) is 3.71. The van der Waals surface area contributed by atoms with E-state index in [1.54, 1.807) is 0 Å². The minimum Gasteiger partial charge on any atom is -0.394 e. The molecule has 2 rings (SSSR count). The predicted octanol–water partition coefficient (Wildman–Crippen LogP) is -0.215. The molecule has 7 nitrogen and oxygen atoms in total. The van der Waals surface area contributed by atoms with E-state index in [1.807, 2.05) is 27.7 Å². The lowest BCUT2D eigenvalue weighted by molar-refractivity contribution is -0.340. The molecule has 0 amide bonds. The molecule has 6 unspecified atom stereocenters. The van der Waals surface area contributed by atoms with Crippen molar-refractivity contribution in [1.29, 1.82) is 0 Å². The molecular weight excluding hydrogens is 304 g/mol. The summed E-state index contributed by atoms with van der Waals surface area (Å²) >= 11 is 0. The Kier molecular flexibility index (Phi) is 5.43. The van der Waals surface area contributed by atoms with Crippen LogP contribution in [0.3, 0.4) is 0 Å². The zero-order valence-electron chi connectivity index (χ0n) is 14.5. The molecule has 0 radical (unpaired) electrons. The first kappa shape index (κ1) is 19.1. The van der Waals surface area contributed by atoms with Crippen LogP contribution < -0.4 is 0 Å². The molecule has 0 aromatic rings. The summed E-state index contributed by atoms with van der Waals surface area (Å²) in [7, 11) is 0. The van der Waals surface area contributed by atoms with Crippen molar-refractivity contribution < 1.29 is 34.6 Å². The van der Waals surface area contributed by atoms with Gasteiger partial charge < -0.3 is 34.6 Å². The van der Waals surface area contributed by atoms with Crippen LogP contribution >= 0.6 is 0 Å². The quantitative estimate of drug-likeness (QED) is 0.565. The fraction of sp³-hybridized carbons (Fsp3) is 1.00. The molecule has 7 heteroatoms. The van der Waals surface area contributed by atoms with Gasteiger partial charge in [0.2, 0.25) is 0 Å². The van der Waals surface area contributed by atoms with Gasteiger partial charge in [0, 0.05) is 0 Å². The molecule has 2 aliphatic rings. The van der Waals surface area contributed by atoms with Crippen LogP contribution in [0.25, 0.3) is 0 Å². The monoisotopic (exact) mass is 334 g/mol. The Balaban J connectivity index is 2.11. The SMILES string of the molecule is C[C@@H]1CC(OC2OC(CO)C(O)C(O)C2O)C(C)(C)OC1(C)C. The van der Waals surface area contributed by atoms with Crippen molar-refractivity contribution in [3.05, 3.63) is 0 Å². The Morgan fingerprint density at radius 3 is 2.17 bits per heavy atom. The second kappa shape index (κ2) is 6.55. The number of ether oxygens (including phenoxy) is 3. The Morgan fingerprint density at radius 1 is 1.00 bits per heavy atom. The molecule has 2 aliphatic heterocycles. The number of rotatable bonds is 3. The standard InChI is InChI=1S/C16H30O7/c1-8-6-10(16(4,5)23-15(8,2)3)22-14-13(20)12(19)11(18)9(7-17)21-14/h8-14,17-20H,6-7H2,1-5H3/t8-,9?,10?,11?,12?,13?,14?/m1/s1. The van der Waals surface area contributed by atoms with Crippen molar-refractivity contribution >= 4 is 0 Å². The average molecular weight is 334 g/mol. The third-order valence-corrected chi connectivity index (χ3v) is 5.20. The van der Waals surface area contributed by atoms with Gasteiger partial charge >= 0.3 is 0 Å². The largest absolute Gasteiger partial charge is 0.394 e. The maximum Gasteiger partial charge on any atom is 0.187 e. The van der Waals surface area contributed by atoms with Crippen molar-refractivity contribution in [3.63, 3.8) is 0 Å². The van der Waals surface area contributed by atoms with E-state index in [4.69, 9.17) is 14.2 Å². The van der Waals surface area contributed by atoms with Gasteiger partial charge in [-0.25, -0.2) is 0 Å². The van der Waals surface area contributed by atoms with Crippen molar-refractivity contribution in [3.8, 4) is 0 Å². The molecule has 0 spiro atoms. The number of hydrogen-bond donors (Lipinski definition) is 4. The smallest absolute Gasteiger partial charge is 0.187 e. The van der Waals surface area contributed by atoms with Crippen molar-refractivity contribution in [1.82, 2.24) is 0 Å². The first-order chi connectivity index (χ1) is 10.5. The fourth-order valence-electron chi connectivity index (χ4n) is 3.29. The molecule has 7 atom stereocenters. The van der Waals surface area contributed by atoms with E-state index in [0.29, 0.717) is 6.42 Å². The van der Waals surface area contributed by atoms with Crippen molar-refractivity contribution in [2.24, 2.45) is 5.92 Å². The molecular formula is C16H30O7. The van der Waals surface area contributed by atoms with Crippen LogP contribution in [-0.4, -0.2) is 75.0 Å². The zero-order chi connectivity index (χ0) is 17.6. The van der Waals surface area contributed by atoms with Gasteiger partial charge in [-0.3, -0.25) is 0 Å². The van der Waals surface area contributed by atoms with E-state index in [9.17, 15) is 20.4 Å². The van der Waals surface area contributed by atoms with Crippen LogP contribution in [-0.2, 0) is 14.2 Å². The number of aliphatic hydroxyl groups is 4. The molecule has 0 bridgehead atoms. The molecule has 0 aromatic heterocycles. The molecule has 2 heterocycles. The summed E-state index contributed by atoms with van der Waals surface area (Å²) in [5.74, 6) is 0.227. The minimum absolute atomic E-state index is 0.227. The molecule has 2 saturated heterocycles. The van der Waals surface area contributed by atoms with E-state index >= 15 is 0 Å². The predicted molar refractivity (Wildman–Crippen MR) is 81.7 cm³/mol. The van der Waals surface area contributed by atoms with Gasteiger partial charge in [0.25, 0.3) is 0 Å². The highest BCUT2D eigenvalue weighted by molar-refractivity contribution is 4.96. The first-order valence-corrected chi connectivity index (χ1v) is 8.15. The summed E-state index contributed by atoms with van der Waals surface area (Å²) in [6.07, 6.45) is -5.97. The zero-order valence-corrected chi connectivity index (χ0v) is 14.5. The van der Waals surface area contributed by atoms with E-state index in [0.717, 1.165) is 0 Å². The first-order valence-electron chi connectivity index (χ1n) is 8.15. The van der Waals surface area contributed by atoms with Gasteiger partial charge in [0.15, 0.2) is 6.29 Å². The molecule has 23 heavy (non-hydrogen) atoms. The van der Waals surface area contributed by atoms with Gasteiger partial charge in [-0.1, -0.05) is 6.92 Å². The molecule has 136 valence electrons. The van der Waals surface area contributed by atoms with Crippen LogP contribution in [0.5, 0.6) is 0 Å². The minimum atomic E-state index is -1.44. The van der Waals surface area contributed by atoms with E-state index in [1.165, 1.54) is 0 Å². The second-order valence-corrected chi connectivity index (χ2v) is 7.77. The van der Waals surface area contributed by atoms with Gasteiger partial charge in [0.05, 0.1) is 23.9 Å². The fourth-order valence-corrected chi connectivity index (χ4v) is 3.29. The summed E-state index contributed by atoms with van der Waals surface area (Å²) in [4.78, 5) is 0. The summed E-state index contributed by atoms with van der Waals surface area (Å²) < 4.78 is 17.5. The molecule has 4 N–H and O–H groups in total. The Labute approximate surface area is 137 Å². The van der Waals surface area contributed by atoms with Gasteiger partial charge in [-0.05, 0) is 40.0 Å². The van der Waals surface area contributed by atoms with E-state index in [-0.39, 0.29) is 17.6 Å². The third-order valence-electron chi connectivity index (χ3n) is 5.20. The lowest BCUT2D eigenvalue weighted by atomic mass is 9.79. The summed E-state index contributed by atoms with van der Waals surface area (Å²) in [6, 6.07) is 0. The van der Waals surface area contributed by atoms with Crippen molar-refractivity contribution in [2.45, 2.75) is 89.1 Å². The van der Waals surface area contributed by atoms with Gasteiger partial charge in [-0.2, -0.15) is 0 Å². The van der Waals surface area contributed by atoms with Crippen LogP contribution in [0.4, 0.5) is 0 Å². The van der Waals surface area contributed by atoms with E-state index in [2.05, 4.69) is 6.92 Å². The highest BCUT2D eigenvalue weighted by Crippen LogP contribution is 2.41. The van der Waals surface area contributed by atoms with Gasteiger partial charge in [0.1, 0.15) is 24.4 Å². The average Bonchev–Trinajstić information content (AvgIpc) is 2.44. The van der Waals surface area contributed by atoms with Crippen molar-refractivity contribution in [2.75, 3.05) is 6.61 Å². The molecule has 2 fully saturated rings. The Morgan fingerprint density at radius 2 is 1.61 bits per heavy atom. The Bertz CT molecular complexity index is 409. The summed E-state index contributed by atoms with van der Waals surface area (Å²) in [5.41, 5.74) is -0.895. The van der Waals surface area contributed by atoms with Crippen LogP contribution in [0.2, 0.25) is 0 Å². The highest BCUT2D eigenvalue weighted by atomic mass is 16.7. The Hall–Kier alpha value is -0.280. The maximum atomic E-state index is 10.1. The topological polar surface area (TPSA) is 109 Å². The normalized spacial score (nSPS) is 46.6. The maximum absolute atomic E-state index is 10.1. The molecule has 0 saturated carbocycles. The second-order valence-electron chi connectivity index (χ2n) is 7.77. The molecule has 0 aromatic carbocycles. The lowest BCUT2D eigenvalue weighted by Crippen LogP contribution is -2.62. The number of aliphatic hydroxyl groups excluding tert-OH is 4.